The first-order valence-electron chi connectivity index (χ1n) is 9.48. The summed E-state index contributed by atoms with van der Waals surface area (Å²) in [4.78, 5) is 25.3. The molecule has 0 bridgehead atoms. The molecule has 3 aromatic rings. The minimum Gasteiger partial charge on any atom is -0.324 e. The van der Waals surface area contributed by atoms with Gasteiger partial charge >= 0.3 is 18.4 Å². The Morgan fingerprint density at radius 1 is 1.09 bits per heavy atom. The third-order valence-corrected chi connectivity index (χ3v) is 6.71. The van der Waals surface area contributed by atoms with Gasteiger partial charge in [-0.05, 0) is 31.0 Å². The van der Waals surface area contributed by atoms with Crippen molar-refractivity contribution in [3.8, 4) is 0 Å². The van der Waals surface area contributed by atoms with E-state index in [2.05, 4.69) is 20.3 Å². The number of rotatable bonds is 2. The fourth-order valence-corrected chi connectivity index (χ4v) is 4.84. The second-order valence-corrected chi connectivity index (χ2v) is 8.78. The molecule has 0 aliphatic carbocycles. The summed E-state index contributed by atoms with van der Waals surface area (Å²) in [6, 6.07) is 2.32. The molecule has 1 N–H and O–H groups in total. The van der Waals surface area contributed by atoms with Gasteiger partial charge in [0.15, 0.2) is 10.3 Å². The normalized spacial score (nSPS) is 16.8. The Hall–Kier alpha value is -2.67. The van der Waals surface area contributed by atoms with Gasteiger partial charge in [-0.2, -0.15) is 26.3 Å². The predicted octanol–water partition coefficient (Wildman–Crippen LogP) is 5.89. The molecule has 4 rings (SSSR count). The highest BCUT2D eigenvalue weighted by Gasteiger charge is 2.59. The molecule has 0 saturated carbocycles. The third kappa shape index (κ3) is 4.43. The van der Waals surface area contributed by atoms with Gasteiger partial charge in [0.2, 0.25) is 0 Å². The first-order valence-corrected chi connectivity index (χ1v) is 10.7. The molecule has 0 spiro atoms. The van der Waals surface area contributed by atoms with Crippen LogP contribution in [0.1, 0.15) is 24.1 Å². The Bertz CT molecular complexity index is 1190. The van der Waals surface area contributed by atoms with Gasteiger partial charge in [-0.25, -0.2) is 14.8 Å². The zero-order chi connectivity index (χ0) is 24.0. The lowest BCUT2D eigenvalue weighted by Gasteiger charge is -2.42. The predicted molar refractivity (Wildman–Crippen MR) is 109 cm³/mol. The third-order valence-electron chi connectivity index (χ3n) is 5.48. The Morgan fingerprint density at radius 2 is 1.76 bits per heavy atom. The van der Waals surface area contributed by atoms with E-state index in [1.807, 2.05) is 0 Å². The van der Waals surface area contributed by atoms with Crippen LogP contribution >= 0.6 is 22.9 Å². The van der Waals surface area contributed by atoms with E-state index >= 15 is 0 Å². The van der Waals surface area contributed by atoms with Gasteiger partial charge in [-0.3, -0.25) is 10.3 Å². The highest BCUT2D eigenvalue weighted by molar-refractivity contribution is 7.22. The van der Waals surface area contributed by atoms with Crippen LogP contribution in [-0.4, -0.2) is 45.1 Å². The number of aromatic nitrogens is 3. The number of thiazole rings is 1. The maximum Gasteiger partial charge on any atom is 0.416 e. The molecule has 1 saturated heterocycles. The Kier molecular flexibility index (Phi) is 5.89. The number of carbonyl (C=O) groups excluding carboxylic acids is 1. The minimum absolute atomic E-state index is 0.0407. The van der Waals surface area contributed by atoms with E-state index < -0.39 is 42.2 Å². The summed E-state index contributed by atoms with van der Waals surface area (Å²) in [6.45, 7) is -0.497. The number of fused-ring (bicyclic) bond motifs is 1. The smallest absolute Gasteiger partial charge is 0.324 e. The van der Waals surface area contributed by atoms with E-state index in [0.29, 0.717) is 4.70 Å². The molecular weight excluding hydrogens is 496 g/mol. The van der Waals surface area contributed by atoms with E-state index in [4.69, 9.17) is 11.6 Å². The summed E-state index contributed by atoms with van der Waals surface area (Å²) in [7, 11) is 0. The van der Waals surface area contributed by atoms with Crippen molar-refractivity contribution in [1.82, 2.24) is 19.9 Å². The monoisotopic (exact) mass is 509 g/mol. The number of nitrogens with zero attached hydrogens (tertiary/aromatic N) is 4. The lowest BCUT2D eigenvalue weighted by atomic mass is 9.75. The number of amides is 2. The maximum atomic E-state index is 14.0. The van der Waals surface area contributed by atoms with E-state index in [-0.39, 0.29) is 34.6 Å². The first kappa shape index (κ1) is 23.5. The molecule has 1 aliphatic rings. The van der Waals surface area contributed by atoms with Gasteiger partial charge in [-0.1, -0.05) is 22.9 Å². The van der Waals surface area contributed by atoms with Crippen LogP contribution in [0.2, 0.25) is 5.15 Å². The SMILES string of the molecule is O=C(Nc1nc2cc(C(F)(F)F)ccc2s1)N1CCC(c2nccnc2Cl)(C(F)(F)F)CC1. The molecule has 176 valence electrons. The van der Waals surface area contributed by atoms with Crippen molar-refractivity contribution in [3.63, 3.8) is 0 Å². The van der Waals surface area contributed by atoms with Crippen LogP contribution in [-0.2, 0) is 11.6 Å². The van der Waals surface area contributed by atoms with Crippen LogP contribution in [0.5, 0.6) is 0 Å². The van der Waals surface area contributed by atoms with Gasteiger partial charge in [0.25, 0.3) is 0 Å². The van der Waals surface area contributed by atoms with Crippen LogP contribution < -0.4 is 5.32 Å². The molecule has 14 heteroatoms. The molecule has 1 aliphatic heterocycles. The Morgan fingerprint density at radius 3 is 2.36 bits per heavy atom. The number of benzene rings is 1. The van der Waals surface area contributed by atoms with Crippen molar-refractivity contribution in [3.05, 3.63) is 47.0 Å². The number of piperidine rings is 1. The highest BCUT2D eigenvalue weighted by atomic mass is 35.5. The lowest BCUT2D eigenvalue weighted by molar-refractivity contribution is -0.202. The van der Waals surface area contributed by atoms with E-state index in [1.165, 1.54) is 17.2 Å². The zero-order valence-electron chi connectivity index (χ0n) is 16.5. The van der Waals surface area contributed by atoms with Crippen molar-refractivity contribution < 1.29 is 31.1 Å². The molecule has 1 aromatic carbocycles. The van der Waals surface area contributed by atoms with Crippen LogP contribution in [0, 0.1) is 0 Å². The van der Waals surface area contributed by atoms with Gasteiger partial charge in [0, 0.05) is 25.5 Å². The average molecular weight is 510 g/mol. The molecule has 3 heterocycles. The van der Waals surface area contributed by atoms with E-state index in [1.54, 1.807) is 0 Å². The summed E-state index contributed by atoms with van der Waals surface area (Å²) >= 11 is 6.85. The fourth-order valence-electron chi connectivity index (χ4n) is 3.72. The van der Waals surface area contributed by atoms with Crippen molar-refractivity contribution in [2.75, 3.05) is 18.4 Å². The summed E-state index contributed by atoms with van der Waals surface area (Å²) in [6.07, 6.45) is -7.84. The fraction of sp³-hybridized carbons (Fsp3) is 0.368. The van der Waals surface area contributed by atoms with Crippen LogP contribution in [0.4, 0.5) is 36.3 Å². The molecular formula is C19H14ClF6N5OS. The summed E-state index contributed by atoms with van der Waals surface area (Å²) in [5.74, 6) is 0. The minimum atomic E-state index is -4.67. The first-order chi connectivity index (χ1) is 15.4. The van der Waals surface area contributed by atoms with Crippen LogP contribution in [0.3, 0.4) is 0 Å². The number of hydrogen-bond donors (Lipinski definition) is 1. The number of urea groups is 1. The topological polar surface area (TPSA) is 71.0 Å². The molecule has 33 heavy (non-hydrogen) atoms. The average Bonchev–Trinajstić information content (AvgIpc) is 3.14. The second-order valence-electron chi connectivity index (χ2n) is 7.39. The molecule has 0 atom stereocenters. The van der Waals surface area contributed by atoms with E-state index in [0.717, 1.165) is 29.7 Å². The number of likely N-dealkylation sites (tertiary alicyclic amines) is 1. The summed E-state index contributed by atoms with van der Waals surface area (Å²) < 4.78 is 81.2. The quantitative estimate of drug-likeness (QED) is 0.438. The number of hydrogen-bond acceptors (Lipinski definition) is 5. The lowest BCUT2D eigenvalue weighted by Crippen LogP contribution is -2.53. The largest absolute Gasteiger partial charge is 0.416 e. The molecule has 2 amide bonds. The van der Waals surface area contributed by atoms with Crippen molar-refractivity contribution in [1.29, 1.82) is 0 Å². The molecule has 0 unspecified atom stereocenters. The number of anilines is 1. The van der Waals surface area contributed by atoms with E-state index in [9.17, 15) is 31.1 Å². The van der Waals surface area contributed by atoms with Crippen molar-refractivity contribution in [2.24, 2.45) is 0 Å². The summed E-state index contributed by atoms with van der Waals surface area (Å²) in [5, 5.41) is 2.15. The number of nitrogens with one attached hydrogen (secondary N) is 1. The molecule has 0 radical (unpaired) electrons. The van der Waals surface area contributed by atoms with Crippen molar-refractivity contribution in [2.45, 2.75) is 30.6 Å². The van der Waals surface area contributed by atoms with Crippen LogP contribution in [0.25, 0.3) is 10.2 Å². The maximum absolute atomic E-state index is 14.0. The van der Waals surface area contributed by atoms with Gasteiger partial charge in [-0.15, -0.1) is 0 Å². The van der Waals surface area contributed by atoms with Crippen LogP contribution in [0.15, 0.2) is 30.6 Å². The standard InChI is InChI=1S/C19H14ClF6N5OS/c20-14-13(27-5-6-28-14)17(19(24,25)26)3-7-31(8-4-17)16(32)30-15-29-11-9-10(18(21,22)23)1-2-12(11)33-15/h1-2,5-6,9H,3-4,7-8H2,(H,29,30,32). The van der Waals surface area contributed by atoms with Crippen molar-refractivity contribution >= 4 is 44.3 Å². The number of carbonyl (C=O) groups is 1. The second kappa shape index (κ2) is 8.28. The molecule has 6 nitrogen and oxygen atoms in total. The molecule has 2 aromatic heterocycles. The van der Waals surface area contributed by atoms with Gasteiger partial charge in [0.05, 0.1) is 21.5 Å². The summed E-state index contributed by atoms with van der Waals surface area (Å²) in [5.41, 5.74) is -3.55. The van der Waals surface area contributed by atoms with Gasteiger partial charge in [0.1, 0.15) is 5.41 Å². The Labute approximate surface area is 191 Å². The molecule has 1 fully saturated rings. The zero-order valence-corrected chi connectivity index (χ0v) is 18.0. The highest BCUT2D eigenvalue weighted by Crippen LogP contribution is 2.49. The van der Waals surface area contributed by atoms with Gasteiger partial charge < -0.3 is 4.90 Å². The number of halogens is 7. The number of alkyl halides is 6. The Balaban J connectivity index is 1.50.